The second-order valence-electron chi connectivity index (χ2n) is 5.59. The van der Waals surface area contributed by atoms with Gasteiger partial charge in [0, 0.05) is 29.5 Å². The summed E-state index contributed by atoms with van der Waals surface area (Å²) < 4.78 is 1.99. The lowest BCUT2D eigenvalue weighted by atomic mass is 10.1. The van der Waals surface area contributed by atoms with Gasteiger partial charge in [-0.3, -0.25) is 0 Å². The van der Waals surface area contributed by atoms with E-state index in [1.165, 1.54) is 11.1 Å². The molecule has 1 aromatic heterocycles. The lowest BCUT2D eigenvalue weighted by Crippen LogP contribution is -1.94. The normalized spacial score (nSPS) is 10.5. The SMILES string of the molecule is c1ccc(-c2ccc(Nc3cccc(-n4ccnc4)c3)cc2)cc1. The van der Waals surface area contributed by atoms with Crippen molar-refractivity contribution < 1.29 is 0 Å². The van der Waals surface area contributed by atoms with Gasteiger partial charge in [-0.1, -0.05) is 48.5 Å². The van der Waals surface area contributed by atoms with Gasteiger partial charge in [-0.15, -0.1) is 0 Å². The van der Waals surface area contributed by atoms with Crippen LogP contribution in [0.2, 0.25) is 0 Å². The molecule has 0 radical (unpaired) electrons. The number of nitrogens with zero attached hydrogens (tertiary/aromatic N) is 2. The van der Waals surface area contributed by atoms with Crippen LogP contribution in [0.25, 0.3) is 16.8 Å². The van der Waals surface area contributed by atoms with Gasteiger partial charge in [0.15, 0.2) is 0 Å². The Labute approximate surface area is 141 Å². The number of rotatable bonds is 4. The van der Waals surface area contributed by atoms with Crippen molar-refractivity contribution in [1.29, 1.82) is 0 Å². The topological polar surface area (TPSA) is 29.9 Å². The molecule has 0 fully saturated rings. The summed E-state index contributed by atoms with van der Waals surface area (Å²) in [6, 6.07) is 27.1. The number of benzene rings is 3. The second-order valence-corrected chi connectivity index (χ2v) is 5.59. The fourth-order valence-electron chi connectivity index (χ4n) is 2.70. The Morgan fingerprint density at radius 1 is 0.708 bits per heavy atom. The molecule has 0 unspecified atom stereocenters. The van der Waals surface area contributed by atoms with Crippen molar-refractivity contribution in [3.8, 4) is 16.8 Å². The predicted octanol–water partition coefficient (Wildman–Crippen LogP) is 5.28. The van der Waals surface area contributed by atoms with Gasteiger partial charge in [-0.25, -0.2) is 4.98 Å². The van der Waals surface area contributed by atoms with Gasteiger partial charge in [0.05, 0.1) is 6.33 Å². The van der Waals surface area contributed by atoms with Gasteiger partial charge >= 0.3 is 0 Å². The zero-order chi connectivity index (χ0) is 16.2. The monoisotopic (exact) mass is 311 g/mol. The fourth-order valence-corrected chi connectivity index (χ4v) is 2.70. The average molecular weight is 311 g/mol. The van der Waals surface area contributed by atoms with E-state index in [2.05, 4.69) is 77.0 Å². The maximum absolute atomic E-state index is 4.09. The second kappa shape index (κ2) is 6.42. The van der Waals surface area contributed by atoms with E-state index in [-0.39, 0.29) is 0 Å². The van der Waals surface area contributed by atoms with E-state index >= 15 is 0 Å². The van der Waals surface area contributed by atoms with Crippen LogP contribution in [-0.2, 0) is 0 Å². The summed E-state index contributed by atoms with van der Waals surface area (Å²) in [5.41, 5.74) is 5.64. The lowest BCUT2D eigenvalue weighted by molar-refractivity contribution is 1.06. The number of aromatic nitrogens is 2. The Balaban J connectivity index is 1.55. The fraction of sp³-hybridized carbons (Fsp3) is 0. The molecule has 0 aliphatic carbocycles. The number of nitrogens with one attached hydrogen (secondary N) is 1. The zero-order valence-electron chi connectivity index (χ0n) is 13.1. The zero-order valence-corrected chi connectivity index (χ0v) is 13.1. The Hall–Kier alpha value is -3.33. The summed E-state index contributed by atoms with van der Waals surface area (Å²) in [7, 11) is 0. The maximum Gasteiger partial charge on any atom is 0.0991 e. The summed E-state index contributed by atoms with van der Waals surface area (Å²) in [5.74, 6) is 0. The van der Waals surface area contributed by atoms with Crippen molar-refractivity contribution in [3.05, 3.63) is 97.6 Å². The van der Waals surface area contributed by atoms with Crippen molar-refractivity contribution in [2.45, 2.75) is 0 Å². The quantitative estimate of drug-likeness (QED) is 0.555. The van der Waals surface area contributed by atoms with Crippen molar-refractivity contribution in [1.82, 2.24) is 9.55 Å². The van der Waals surface area contributed by atoms with Crippen LogP contribution in [0.15, 0.2) is 97.6 Å². The smallest absolute Gasteiger partial charge is 0.0991 e. The Bertz CT molecular complexity index is 911. The third-order valence-electron chi connectivity index (χ3n) is 3.93. The maximum atomic E-state index is 4.09. The summed E-state index contributed by atoms with van der Waals surface area (Å²) in [4.78, 5) is 4.09. The highest BCUT2D eigenvalue weighted by molar-refractivity contribution is 5.68. The minimum atomic E-state index is 1.05. The molecule has 1 N–H and O–H groups in total. The summed E-state index contributed by atoms with van der Waals surface area (Å²) in [5, 5.41) is 3.45. The van der Waals surface area contributed by atoms with Crippen molar-refractivity contribution >= 4 is 11.4 Å². The number of hydrogen-bond acceptors (Lipinski definition) is 2. The number of imidazole rings is 1. The number of anilines is 2. The molecule has 0 amide bonds. The molecule has 0 spiro atoms. The van der Waals surface area contributed by atoms with Crippen molar-refractivity contribution in [2.75, 3.05) is 5.32 Å². The van der Waals surface area contributed by atoms with Crippen molar-refractivity contribution in [2.24, 2.45) is 0 Å². The average Bonchev–Trinajstić information content (AvgIpc) is 3.18. The predicted molar refractivity (Wildman–Crippen MR) is 98.7 cm³/mol. The van der Waals surface area contributed by atoms with Crippen LogP contribution >= 0.6 is 0 Å². The summed E-state index contributed by atoms with van der Waals surface area (Å²) in [6.45, 7) is 0. The minimum absolute atomic E-state index is 1.05. The Morgan fingerprint density at radius 2 is 1.50 bits per heavy atom. The minimum Gasteiger partial charge on any atom is -0.355 e. The van der Waals surface area contributed by atoms with Crippen molar-refractivity contribution in [3.63, 3.8) is 0 Å². The van der Waals surface area contributed by atoms with Crippen LogP contribution < -0.4 is 5.32 Å². The van der Waals surface area contributed by atoms with Gasteiger partial charge in [-0.05, 0) is 41.5 Å². The molecule has 0 bridgehead atoms. The highest BCUT2D eigenvalue weighted by Gasteiger charge is 2.00. The number of hydrogen-bond donors (Lipinski definition) is 1. The molecule has 0 atom stereocenters. The van der Waals surface area contributed by atoms with Crippen LogP contribution in [0, 0.1) is 0 Å². The highest BCUT2D eigenvalue weighted by atomic mass is 15.0. The van der Waals surface area contributed by atoms with Gasteiger partial charge < -0.3 is 9.88 Å². The van der Waals surface area contributed by atoms with Gasteiger partial charge in [0.2, 0.25) is 0 Å². The molecular weight excluding hydrogens is 294 g/mol. The molecule has 4 rings (SSSR count). The lowest BCUT2D eigenvalue weighted by Gasteiger charge is -2.10. The van der Waals surface area contributed by atoms with Crippen LogP contribution in [0.3, 0.4) is 0 Å². The van der Waals surface area contributed by atoms with E-state index in [1.54, 1.807) is 12.5 Å². The first kappa shape index (κ1) is 14.3. The Kier molecular flexibility index (Phi) is 3.82. The molecule has 3 heteroatoms. The third-order valence-corrected chi connectivity index (χ3v) is 3.93. The van der Waals surface area contributed by atoms with Gasteiger partial charge in [0.25, 0.3) is 0 Å². The molecule has 1 heterocycles. The van der Waals surface area contributed by atoms with E-state index in [0.717, 1.165) is 17.1 Å². The standard InChI is InChI=1S/C21H17N3/c1-2-5-17(6-3-1)18-9-11-19(12-10-18)23-20-7-4-8-21(15-20)24-14-13-22-16-24/h1-16,23H. The highest BCUT2D eigenvalue weighted by Crippen LogP contribution is 2.24. The van der Waals surface area contributed by atoms with Crippen LogP contribution in [0.4, 0.5) is 11.4 Å². The molecule has 116 valence electrons. The van der Waals surface area contributed by atoms with E-state index in [4.69, 9.17) is 0 Å². The van der Waals surface area contributed by atoms with Crippen LogP contribution in [-0.4, -0.2) is 9.55 Å². The molecule has 0 saturated carbocycles. The van der Waals surface area contributed by atoms with E-state index in [0.29, 0.717) is 0 Å². The van der Waals surface area contributed by atoms with E-state index in [9.17, 15) is 0 Å². The first-order valence-corrected chi connectivity index (χ1v) is 7.89. The molecule has 3 nitrogen and oxygen atoms in total. The molecule has 4 aromatic rings. The van der Waals surface area contributed by atoms with E-state index in [1.807, 2.05) is 22.9 Å². The molecular formula is C21H17N3. The molecule has 0 saturated heterocycles. The summed E-state index contributed by atoms with van der Waals surface area (Å²) in [6.07, 6.45) is 5.52. The van der Waals surface area contributed by atoms with E-state index < -0.39 is 0 Å². The third kappa shape index (κ3) is 3.06. The largest absolute Gasteiger partial charge is 0.355 e. The summed E-state index contributed by atoms with van der Waals surface area (Å²) >= 11 is 0. The first-order valence-electron chi connectivity index (χ1n) is 7.89. The first-order chi connectivity index (χ1) is 11.9. The Morgan fingerprint density at radius 3 is 2.25 bits per heavy atom. The molecule has 0 aliphatic heterocycles. The van der Waals surface area contributed by atoms with Gasteiger partial charge in [0.1, 0.15) is 0 Å². The molecule has 3 aromatic carbocycles. The molecule has 24 heavy (non-hydrogen) atoms. The molecule has 0 aliphatic rings. The van der Waals surface area contributed by atoms with Crippen LogP contribution in [0.5, 0.6) is 0 Å². The van der Waals surface area contributed by atoms with Crippen LogP contribution in [0.1, 0.15) is 0 Å². The van der Waals surface area contributed by atoms with Gasteiger partial charge in [-0.2, -0.15) is 0 Å².